The molecule has 9 heteroatoms. The Balaban J connectivity index is 1.70. The summed E-state index contributed by atoms with van der Waals surface area (Å²) < 4.78 is 27.4. The van der Waals surface area contributed by atoms with Crippen molar-refractivity contribution in [3.63, 3.8) is 0 Å². The van der Waals surface area contributed by atoms with Crippen molar-refractivity contribution < 1.29 is 13.6 Å². The van der Waals surface area contributed by atoms with E-state index in [0.29, 0.717) is 22.6 Å². The minimum atomic E-state index is -2.60. The maximum absolute atomic E-state index is 12.9. The van der Waals surface area contributed by atoms with Crippen LogP contribution in [0.4, 0.5) is 14.6 Å². The number of rotatable bonds is 5. The zero-order chi connectivity index (χ0) is 19.7. The number of nitrogens with zero attached hydrogens (tertiary/aromatic N) is 2. The van der Waals surface area contributed by atoms with Crippen molar-refractivity contribution in [2.45, 2.75) is 22.2 Å². The predicted octanol–water partition coefficient (Wildman–Crippen LogP) is 5.84. The van der Waals surface area contributed by atoms with Crippen LogP contribution in [-0.2, 0) is 11.5 Å². The van der Waals surface area contributed by atoms with Crippen LogP contribution in [0.2, 0.25) is 5.02 Å². The molecule has 0 saturated heterocycles. The van der Waals surface area contributed by atoms with Gasteiger partial charge in [-0.2, -0.15) is 25.6 Å². The van der Waals surface area contributed by atoms with E-state index in [9.17, 15) is 13.6 Å². The number of amides is 1. The standard InChI is InChI=1S/C19H14ClF2N3OS2/c20-11-5-7-12(8-6-11)25-17(14-9-27-10-15(14)24-25)23-18(26)13-3-1-2-4-16(13)28-19(21)22/h1-8,19H,9-10H2,(H,23,26). The minimum absolute atomic E-state index is 0.205. The minimum Gasteiger partial charge on any atom is -0.306 e. The number of nitrogens with one attached hydrogen (secondary N) is 1. The van der Waals surface area contributed by atoms with Crippen molar-refractivity contribution in [3.05, 3.63) is 70.4 Å². The Bertz CT molecular complexity index is 1020. The molecule has 1 aromatic heterocycles. The molecule has 0 atom stereocenters. The molecule has 0 spiro atoms. The van der Waals surface area contributed by atoms with Crippen LogP contribution in [0.3, 0.4) is 0 Å². The van der Waals surface area contributed by atoms with Crippen LogP contribution in [0.1, 0.15) is 21.6 Å². The lowest BCUT2D eigenvalue weighted by Crippen LogP contribution is -2.17. The summed E-state index contributed by atoms with van der Waals surface area (Å²) in [6, 6.07) is 13.5. The van der Waals surface area contributed by atoms with Crippen LogP contribution < -0.4 is 5.32 Å². The van der Waals surface area contributed by atoms with Gasteiger partial charge in [-0.15, -0.1) is 0 Å². The predicted molar refractivity (Wildman–Crippen MR) is 110 cm³/mol. The molecule has 0 unspecified atom stereocenters. The van der Waals surface area contributed by atoms with Gasteiger partial charge in [0.2, 0.25) is 0 Å². The highest BCUT2D eigenvalue weighted by Gasteiger charge is 2.26. The largest absolute Gasteiger partial charge is 0.306 e. The zero-order valence-electron chi connectivity index (χ0n) is 14.4. The maximum Gasteiger partial charge on any atom is 0.288 e. The highest BCUT2D eigenvalue weighted by atomic mass is 35.5. The highest BCUT2D eigenvalue weighted by Crippen LogP contribution is 2.37. The number of benzene rings is 2. The smallest absolute Gasteiger partial charge is 0.288 e. The average Bonchev–Trinajstić information content (AvgIpc) is 3.25. The van der Waals surface area contributed by atoms with Crippen molar-refractivity contribution >= 4 is 46.8 Å². The molecule has 1 N–H and O–H groups in total. The van der Waals surface area contributed by atoms with Gasteiger partial charge in [-0.05, 0) is 36.4 Å². The molecular formula is C19H14ClF2N3OS2. The summed E-state index contributed by atoms with van der Waals surface area (Å²) >= 11 is 8.04. The number of hydrogen-bond donors (Lipinski definition) is 1. The maximum atomic E-state index is 12.9. The van der Waals surface area contributed by atoms with Gasteiger partial charge in [-0.25, -0.2) is 4.68 Å². The number of fused-ring (bicyclic) bond motifs is 1. The van der Waals surface area contributed by atoms with Crippen molar-refractivity contribution in [1.82, 2.24) is 9.78 Å². The second kappa shape index (κ2) is 8.14. The molecule has 0 saturated carbocycles. The highest BCUT2D eigenvalue weighted by molar-refractivity contribution is 7.99. The molecule has 4 nitrogen and oxygen atoms in total. The molecule has 0 fully saturated rings. The third kappa shape index (κ3) is 3.90. The Hall–Kier alpha value is -2.03. The summed E-state index contributed by atoms with van der Waals surface area (Å²) in [7, 11) is 0. The number of hydrogen-bond acceptors (Lipinski definition) is 4. The van der Waals surface area contributed by atoms with Crippen molar-refractivity contribution in [2.75, 3.05) is 5.32 Å². The van der Waals surface area contributed by atoms with Crippen LogP contribution in [0, 0.1) is 0 Å². The molecule has 28 heavy (non-hydrogen) atoms. The number of carbonyl (C=O) groups is 1. The number of alkyl halides is 2. The van der Waals surface area contributed by atoms with E-state index in [1.165, 1.54) is 12.1 Å². The van der Waals surface area contributed by atoms with E-state index in [4.69, 9.17) is 11.6 Å². The Labute approximate surface area is 173 Å². The van der Waals surface area contributed by atoms with Gasteiger partial charge in [-0.1, -0.05) is 35.5 Å². The van der Waals surface area contributed by atoms with Gasteiger partial charge in [0.05, 0.1) is 16.9 Å². The lowest BCUT2D eigenvalue weighted by atomic mass is 10.2. The monoisotopic (exact) mass is 437 g/mol. The van der Waals surface area contributed by atoms with Gasteiger partial charge in [-0.3, -0.25) is 4.79 Å². The molecule has 0 radical (unpaired) electrons. The van der Waals surface area contributed by atoms with Crippen LogP contribution in [-0.4, -0.2) is 21.4 Å². The third-order valence-electron chi connectivity index (χ3n) is 4.20. The van der Waals surface area contributed by atoms with Gasteiger partial charge in [0.1, 0.15) is 5.82 Å². The Morgan fingerprint density at radius 3 is 2.68 bits per heavy atom. The van der Waals surface area contributed by atoms with Crippen LogP contribution in [0.25, 0.3) is 5.69 Å². The number of halogens is 3. The average molecular weight is 438 g/mol. The number of aromatic nitrogens is 2. The van der Waals surface area contributed by atoms with Crippen LogP contribution in [0.5, 0.6) is 0 Å². The van der Waals surface area contributed by atoms with E-state index in [0.717, 1.165) is 28.5 Å². The molecule has 3 aromatic rings. The Morgan fingerprint density at radius 1 is 1.18 bits per heavy atom. The van der Waals surface area contributed by atoms with Gasteiger partial charge >= 0.3 is 0 Å². The molecule has 2 aromatic carbocycles. The van der Waals surface area contributed by atoms with E-state index in [-0.39, 0.29) is 10.5 Å². The molecular weight excluding hydrogens is 424 g/mol. The van der Waals surface area contributed by atoms with E-state index in [2.05, 4.69) is 10.4 Å². The SMILES string of the molecule is O=C(Nc1c2c(nn1-c1ccc(Cl)cc1)CSC2)c1ccccc1SC(F)F. The normalized spacial score (nSPS) is 13.0. The summed E-state index contributed by atoms with van der Waals surface area (Å²) in [5.41, 5.74) is 2.82. The zero-order valence-corrected chi connectivity index (χ0v) is 16.8. The number of thioether (sulfide) groups is 2. The Morgan fingerprint density at radius 2 is 1.93 bits per heavy atom. The summed E-state index contributed by atoms with van der Waals surface area (Å²) in [5, 5.41) is 8.11. The molecule has 144 valence electrons. The second-order valence-electron chi connectivity index (χ2n) is 5.98. The molecule has 4 rings (SSSR count). The summed E-state index contributed by atoms with van der Waals surface area (Å²) in [6.45, 7) is 0. The van der Waals surface area contributed by atoms with E-state index < -0.39 is 11.7 Å². The van der Waals surface area contributed by atoms with Gasteiger partial charge in [0, 0.05) is 27.0 Å². The summed E-state index contributed by atoms with van der Waals surface area (Å²) in [5.74, 6) is -1.00. The quantitative estimate of drug-likeness (QED) is 0.509. The number of anilines is 1. The second-order valence-corrected chi connectivity index (χ2v) is 8.44. The van der Waals surface area contributed by atoms with Crippen molar-refractivity contribution in [1.29, 1.82) is 0 Å². The van der Waals surface area contributed by atoms with E-state index >= 15 is 0 Å². The van der Waals surface area contributed by atoms with E-state index in [1.54, 1.807) is 40.7 Å². The molecule has 1 aliphatic heterocycles. The van der Waals surface area contributed by atoms with E-state index in [1.807, 2.05) is 12.1 Å². The van der Waals surface area contributed by atoms with Crippen LogP contribution in [0.15, 0.2) is 53.4 Å². The van der Waals surface area contributed by atoms with Crippen LogP contribution >= 0.6 is 35.1 Å². The van der Waals surface area contributed by atoms with Gasteiger partial charge in [0.25, 0.3) is 11.7 Å². The molecule has 1 aliphatic rings. The lowest BCUT2D eigenvalue weighted by molar-refractivity contribution is 0.102. The summed E-state index contributed by atoms with van der Waals surface area (Å²) in [6.07, 6.45) is 0. The molecule has 0 bridgehead atoms. The summed E-state index contributed by atoms with van der Waals surface area (Å²) in [4.78, 5) is 13.1. The fourth-order valence-corrected chi connectivity index (χ4v) is 4.74. The van der Waals surface area contributed by atoms with Gasteiger partial charge in [0.15, 0.2) is 0 Å². The molecule has 1 amide bonds. The first kappa shape index (κ1) is 19.3. The fraction of sp³-hybridized carbons (Fsp3) is 0.158. The third-order valence-corrected chi connectivity index (χ3v) is 6.21. The number of carbonyl (C=O) groups excluding carboxylic acids is 1. The van der Waals surface area contributed by atoms with Crippen molar-refractivity contribution in [3.8, 4) is 5.69 Å². The molecule has 2 heterocycles. The lowest BCUT2D eigenvalue weighted by Gasteiger charge is -2.13. The fourth-order valence-electron chi connectivity index (χ4n) is 2.94. The molecule has 0 aliphatic carbocycles. The first-order valence-electron chi connectivity index (χ1n) is 8.32. The topological polar surface area (TPSA) is 46.9 Å². The first-order valence-corrected chi connectivity index (χ1v) is 10.7. The Kier molecular flexibility index (Phi) is 5.61. The van der Waals surface area contributed by atoms with Gasteiger partial charge < -0.3 is 5.32 Å². The van der Waals surface area contributed by atoms with Crippen molar-refractivity contribution in [2.24, 2.45) is 0 Å². The first-order chi connectivity index (χ1) is 13.5.